The molecule has 1 aliphatic carbocycles. The molecule has 0 aromatic heterocycles. The van der Waals surface area contributed by atoms with Crippen LogP contribution in [0.2, 0.25) is 0 Å². The van der Waals surface area contributed by atoms with Gasteiger partial charge in [-0.25, -0.2) is 8.78 Å². The molecule has 0 saturated heterocycles. The molecule has 1 fully saturated rings. The minimum atomic E-state index is -0.978. The molecule has 1 saturated carbocycles. The Labute approximate surface area is 108 Å². The third kappa shape index (κ3) is 3.85. The van der Waals surface area contributed by atoms with Crippen LogP contribution in [0.1, 0.15) is 12.8 Å². The first-order chi connectivity index (χ1) is 9.08. The predicted molar refractivity (Wildman–Crippen MR) is 65.0 cm³/mol. The smallest absolute Gasteiger partial charge is 0.275 e. The van der Waals surface area contributed by atoms with Gasteiger partial charge < -0.3 is 10.1 Å². The van der Waals surface area contributed by atoms with Gasteiger partial charge in [0.15, 0.2) is 11.6 Å². The lowest BCUT2D eigenvalue weighted by Crippen LogP contribution is -2.12. The number of nitrogens with zero attached hydrogens (tertiary/aromatic N) is 1. The zero-order valence-electron chi connectivity index (χ0n) is 10.2. The fourth-order valence-corrected chi connectivity index (χ4v) is 1.62. The maximum Gasteiger partial charge on any atom is 0.275 e. The number of halogens is 2. The Balaban J connectivity index is 1.86. The minimum Gasteiger partial charge on any atom is -0.379 e. The average Bonchev–Trinajstić information content (AvgIpc) is 3.15. The maximum atomic E-state index is 13.5. The zero-order valence-corrected chi connectivity index (χ0v) is 10.2. The van der Waals surface area contributed by atoms with Crippen LogP contribution in [0, 0.1) is 27.7 Å². The standard InChI is InChI=1S/C12H14F2N2O3/c13-10-5-9(16(17)18)6-11(14)12(10)15-3-4-19-7-8-1-2-8/h5-6,8,15H,1-4,7H2. The van der Waals surface area contributed by atoms with Crippen LogP contribution in [-0.2, 0) is 4.74 Å². The van der Waals surface area contributed by atoms with E-state index in [9.17, 15) is 18.9 Å². The zero-order chi connectivity index (χ0) is 13.8. The SMILES string of the molecule is O=[N+]([O-])c1cc(F)c(NCCOCC2CC2)c(F)c1. The summed E-state index contributed by atoms with van der Waals surface area (Å²) in [5.74, 6) is -1.32. The lowest BCUT2D eigenvalue weighted by molar-refractivity contribution is -0.385. The van der Waals surface area contributed by atoms with E-state index in [1.165, 1.54) is 12.8 Å². The summed E-state index contributed by atoms with van der Waals surface area (Å²) in [4.78, 5) is 9.58. The molecule has 1 aliphatic rings. The summed E-state index contributed by atoms with van der Waals surface area (Å²) in [6.07, 6.45) is 2.36. The van der Waals surface area contributed by atoms with Crippen LogP contribution in [0.25, 0.3) is 0 Å². The molecule has 0 spiro atoms. The fraction of sp³-hybridized carbons (Fsp3) is 0.500. The highest BCUT2D eigenvalue weighted by Gasteiger charge is 2.21. The van der Waals surface area contributed by atoms with Gasteiger partial charge in [-0.3, -0.25) is 10.1 Å². The first-order valence-corrected chi connectivity index (χ1v) is 6.03. The number of nitrogens with one attached hydrogen (secondary N) is 1. The number of hydrogen-bond donors (Lipinski definition) is 1. The topological polar surface area (TPSA) is 64.4 Å². The van der Waals surface area contributed by atoms with Crippen LogP contribution in [0.5, 0.6) is 0 Å². The highest BCUT2D eigenvalue weighted by molar-refractivity contribution is 5.51. The second-order valence-electron chi connectivity index (χ2n) is 4.49. The van der Waals surface area contributed by atoms with Crippen molar-refractivity contribution < 1.29 is 18.4 Å². The van der Waals surface area contributed by atoms with Crippen molar-refractivity contribution in [2.24, 2.45) is 5.92 Å². The van der Waals surface area contributed by atoms with Crippen molar-refractivity contribution in [3.63, 3.8) is 0 Å². The summed E-state index contributed by atoms with van der Waals surface area (Å²) < 4.78 is 32.2. The molecule has 104 valence electrons. The molecular formula is C12H14F2N2O3. The Morgan fingerprint density at radius 3 is 2.53 bits per heavy atom. The van der Waals surface area contributed by atoms with Gasteiger partial charge in [0.1, 0.15) is 5.69 Å². The highest BCUT2D eigenvalue weighted by Crippen LogP contribution is 2.28. The lowest BCUT2D eigenvalue weighted by atomic mass is 10.2. The molecule has 0 heterocycles. The van der Waals surface area contributed by atoms with Gasteiger partial charge >= 0.3 is 0 Å². The number of rotatable bonds is 7. The maximum absolute atomic E-state index is 13.5. The van der Waals surface area contributed by atoms with E-state index in [2.05, 4.69) is 5.32 Å². The monoisotopic (exact) mass is 272 g/mol. The number of hydrogen-bond acceptors (Lipinski definition) is 4. The number of anilines is 1. The predicted octanol–water partition coefficient (Wildman–Crippen LogP) is 2.71. The Kier molecular flexibility index (Phi) is 4.26. The van der Waals surface area contributed by atoms with Crippen molar-refractivity contribution in [2.45, 2.75) is 12.8 Å². The molecule has 7 heteroatoms. The summed E-state index contributed by atoms with van der Waals surface area (Å²) in [6, 6.07) is 1.38. The van der Waals surface area contributed by atoms with Gasteiger partial charge in [0.05, 0.1) is 23.7 Å². The molecule has 0 unspecified atom stereocenters. The molecule has 0 radical (unpaired) electrons. The largest absolute Gasteiger partial charge is 0.379 e. The Morgan fingerprint density at radius 1 is 1.37 bits per heavy atom. The van der Waals surface area contributed by atoms with Gasteiger partial charge in [-0.05, 0) is 18.8 Å². The molecule has 19 heavy (non-hydrogen) atoms. The van der Waals surface area contributed by atoms with Gasteiger partial charge in [0.2, 0.25) is 0 Å². The van der Waals surface area contributed by atoms with Crippen LogP contribution in [-0.4, -0.2) is 24.7 Å². The van der Waals surface area contributed by atoms with Crippen molar-refractivity contribution in [3.05, 3.63) is 33.9 Å². The summed E-state index contributed by atoms with van der Waals surface area (Å²) >= 11 is 0. The molecular weight excluding hydrogens is 258 g/mol. The normalized spacial score (nSPS) is 14.4. The summed E-state index contributed by atoms with van der Waals surface area (Å²) in [5, 5.41) is 13.0. The Morgan fingerprint density at radius 2 is 2.00 bits per heavy atom. The number of non-ortho nitro benzene ring substituents is 1. The quantitative estimate of drug-likeness (QED) is 0.471. The Hall–Kier alpha value is -1.76. The molecule has 5 nitrogen and oxygen atoms in total. The number of ether oxygens (including phenoxy) is 1. The second kappa shape index (κ2) is 5.92. The molecule has 0 amide bonds. The van der Waals surface area contributed by atoms with Gasteiger partial charge in [0.25, 0.3) is 5.69 Å². The van der Waals surface area contributed by atoms with Crippen molar-refractivity contribution in [1.29, 1.82) is 0 Å². The third-order valence-electron chi connectivity index (χ3n) is 2.84. The van der Waals surface area contributed by atoms with Gasteiger partial charge in [0, 0.05) is 13.2 Å². The third-order valence-corrected chi connectivity index (χ3v) is 2.84. The Bertz CT molecular complexity index is 455. The van der Waals surface area contributed by atoms with Gasteiger partial charge in [-0.15, -0.1) is 0 Å². The van der Waals surface area contributed by atoms with Gasteiger partial charge in [-0.2, -0.15) is 0 Å². The summed E-state index contributed by atoms with van der Waals surface area (Å²) in [7, 11) is 0. The highest BCUT2D eigenvalue weighted by atomic mass is 19.1. The second-order valence-corrected chi connectivity index (χ2v) is 4.49. The molecule has 0 bridgehead atoms. The van der Waals surface area contributed by atoms with E-state index in [-0.39, 0.29) is 12.2 Å². The van der Waals surface area contributed by atoms with Gasteiger partial charge in [-0.1, -0.05) is 0 Å². The first kappa shape index (κ1) is 13.7. The molecule has 2 rings (SSSR count). The van der Waals surface area contributed by atoms with E-state index in [4.69, 9.17) is 4.74 Å². The number of benzene rings is 1. The van der Waals surface area contributed by atoms with E-state index in [1.54, 1.807) is 0 Å². The summed E-state index contributed by atoms with van der Waals surface area (Å²) in [6.45, 7) is 1.26. The van der Waals surface area contributed by atoms with Crippen LogP contribution in [0.4, 0.5) is 20.2 Å². The minimum absolute atomic E-state index is 0.248. The van der Waals surface area contributed by atoms with E-state index in [0.29, 0.717) is 31.3 Å². The number of nitro groups is 1. The van der Waals surface area contributed by atoms with Crippen molar-refractivity contribution in [1.82, 2.24) is 0 Å². The van der Waals surface area contributed by atoms with E-state index in [1.807, 2.05) is 0 Å². The van der Waals surface area contributed by atoms with Crippen molar-refractivity contribution >= 4 is 11.4 Å². The van der Waals surface area contributed by atoms with Crippen LogP contribution in [0.15, 0.2) is 12.1 Å². The molecule has 0 aliphatic heterocycles. The lowest BCUT2D eigenvalue weighted by Gasteiger charge is -2.09. The first-order valence-electron chi connectivity index (χ1n) is 6.03. The van der Waals surface area contributed by atoms with E-state index < -0.39 is 22.2 Å². The van der Waals surface area contributed by atoms with Crippen LogP contribution in [0.3, 0.4) is 0 Å². The van der Waals surface area contributed by atoms with Crippen LogP contribution >= 0.6 is 0 Å². The van der Waals surface area contributed by atoms with Crippen LogP contribution < -0.4 is 5.32 Å². The van der Waals surface area contributed by atoms with E-state index >= 15 is 0 Å². The molecule has 1 aromatic rings. The molecule has 1 aromatic carbocycles. The molecule has 0 atom stereocenters. The fourth-order valence-electron chi connectivity index (χ4n) is 1.62. The number of nitro benzene ring substituents is 1. The van der Waals surface area contributed by atoms with Crippen molar-refractivity contribution in [3.8, 4) is 0 Å². The van der Waals surface area contributed by atoms with Crippen molar-refractivity contribution in [2.75, 3.05) is 25.1 Å². The van der Waals surface area contributed by atoms with E-state index in [0.717, 1.165) is 0 Å². The summed E-state index contributed by atoms with van der Waals surface area (Å²) in [5.41, 5.74) is -0.967. The molecule has 1 N–H and O–H groups in total. The average molecular weight is 272 g/mol.